The molecular formula is C47H47ClF8N8O7S. The average Bonchev–Trinajstić information content (AvgIpc) is 3.79. The van der Waals surface area contributed by atoms with Gasteiger partial charge in [-0.05, 0) is 84.3 Å². The largest absolute Gasteiger partial charge is 0.469 e. The fraction of sp³-hybridized carbons (Fsp3) is 0.404. The minimum Gasteiger partial charge on any atom is -0.455 e. The van der Waals surface area contributed by atoms with E-state index in [-0.39, 0.29) is 38.1 Å². The van der Waals surface area contributed by atoms with E-state index in [4.69, 9.17) is 21.1 Å². The Hall–Kier alpha value is -6.08. The number of aromatic nitrogens is 2. The molecule has 0 radical (unpaired) electrons. The zero-order valence-corrected chi connectivity index (χ0v) is 40.0. The van der Waals surface area contributed by atoms with Crippen molar-refractivity contribution in [2.24, 2.45) is 5.41 Å². The highest BCUT2D eigenvalue weighted by molar-refractivity contribution is 7.90. The van der Waals surface area contributed by atoms with Crippen LogP contribution >= 0.6 is 11.6 Å². The van der Waals surface area contributed by atoms with E-state index in [2.05, 4.69) is 34.0 Å². The van der Waals surface area contributed by atoms with E-state index < -0.39 is 87.7 Å². The van der Waals surface area contributed by atoms with Gasteiger partial charge in [0.1, 0.15) is 22.8 Å². The Labute approximate surface area is 412 Å². The molecular weight excluding hydrogens is 1010 g/mol. The third kappa shape index (κ3) is 11.6. The van der Waals surface area contributed by atoms with E-state index in [1.165, 1.54) is 18.3 Å². The number of nitro benzene ring substituents is 1. The summed E-state index contributed by atoms with van der Waals surface area (Å²) in [7, 11) is -4.85. The number of aromatic amines is 1. The lowest BCUT2D eigenvalue weighted by atomic mass is 9.72. The second kappa shape index (κ2) is 20.1. The normalized spacial score (nSPS) is 18.6. The number of alkyl halides is 8. The molecule has 2 aliphatic heterocycles. The van der Waals surface area contributed by atoms with Crippen molar-refractivity contribution in [3.8, 4) is 11.5 Å². The van der Waals surface area contributed by atoms with Gasteiger partial charge in [0.15, 0.2) is 0 Å². The van der Waals surface area contributed by atoms with Gasteiger partial charge in [-0.25, -0.2) is 23.0 Å². The summed E-state index contributed by atoms with van der Waals surface area (Å²) in [5.41, 5.74) is 1.52. The van der Waals surface area contributed by atoms with Crippen molar-refractivity contribution in [2.75, 3.05) is 69.2 Å². The van der Waals surface area contributed by atoms with Crippen LogP contribution in [0.3, 0.4) is 0 Å². The number of sulfonamides is 1. The van der Waals surface area contributed by atoms with E-state index in [0.29, 0.717) is 67.5 Å². The molecule has 1 atom stereocenters. The Morgan fingerprint density at radius 3 is 2.43 bits per heavy atom. The van der Waals surface area contributed by atoms with Crippen LogP contribution in [-0.2, 0) is 20.9 Å². The van der Waals surface area contributed by atoms with Gasteiger partial charge in [0.05, 0.1) is 39.9 Å². The highest BCUT2D eigenvalue weighted by atomic mass is 35.5. The monoisotopic (exact) mass is 1050 g/mol. The van der Waals surface area contributed by atoms with Gasteiger partial charge in [-0.15, -0.1) is 0 Å². The van der Waals surface area contributed by atoms with Gasteiger partial charge in [-0.3, -0.25) is 19.8 Å². The maximum absolute atomic E-state index is 14.0. The summed E-state index contributed by atoms with van der Waals surface area (Å²) in [5, 5.41) is 15.4. The number of rotatable bonds is 14. The van der Waals surface area contributed by atoms with Gasteiger partial charge in [0.25, 0.3) is 21.6 Å². The molecule has 386 valence electrons. The molecule has 72 heavy (non-hydrogen) atoms. The number of amides is 1. The van der Waals surface area contributed by atoms with Crippen LogP contribution in [0.25, 0.3) is 16.6 Å². The highest BCUT2D eigenvalue weighted by Crippen LogP contribution is 2.46. The van der Waals surface area contributed by atoms with Crippen LogP contribution in [0.2, 0.25) is 5.02 Å². The number of nitrogens with one attached hydrogen (secondary N) is 3. The third-order valence-electron chi connectivity index (χ3n) is 12.9. The fourth-order valence-electron chi connectivity index (χ4n) is 8.96. The molecule has 0 spiro atoms. The first-order valence-electron chi connectivity index (χ1n) is 22.5. The summed E-state index contributed by atoms with van der Waals surface area (Å²) in [6.45, 7) is 4.44. The summed E-state index contributed by atoms with van der Waals surface area (Å²) in [6, 6.07) is 8.83. The van der Waals surface area contributed by atoms with Crippen molar-refractivity contribution in [3.05, 3.63) is 117 Å². The van der Waals surface area contributed by atoms with Gasteiger partial charge in [0.2, 0.25) is 0 Å². The summed E-state index contributed by atoms with van der Waals surface area (Å²) < 4.78 is 148. The number of fused-ring (bicyclic) bond motifs is 1. The number of anilines is 2. The number of hydrogen-bond acceptors (Lipinski definition) is 12. The molecule has 5 aromatic rings. The lowest BCUT2D eigenvalue weighted by Gasteiger charge is -2.39. The number of piperazine rings is 1. The number of carbonyl (C=O) groups excluding carboxylic acids is 1. The molecule has 0 bridgehead atoms. The maximum Gasteiger partial charge on any atom is 0.469 e. The molecule has 1 unspecified atom stereocenters. The Balaban J connectivity index is 0.987. The first-order valence-corrected chi connectivity index (χ1v) is 24.4. The number of nitro groups is 1. The van der Waals surface area contributed by atoms with E-state index in [9.17, 15) is 58.4 Å². The molecule has 0 saturated carbocycles. The number of carbonyl (C=O) groups is 1. The first kappa shape index (κ1) is 52.2. The highest BCUT2D eigenvalue weighted by Gasteiger charge is 2.62. The predicted octanol–water partition coefficient (Wildman–Crippen LogP) is 10.1. The number of morpholine rings is 1. The maximum atomic E-state index is 14.0. The molecule has 15 nitrogen and oxygen atoms in total. The van der Waals surface area contributed by atoms with Crippen molar-refractivity contribution in [1.82, 2.24) is 24.5 Å². The Kier molecular flexibility index (Phi) is 14.6. The number of allylic oxidation sites excluding steroid dienone is 1. The SMILES string of the molecule is CC1(C)CCC(CN2CCN(c3ccc(C(=O)NS(=O)(=O)c4ccc(NCC5CN(C(F)(F)C(F)(F)F)CCO5)c([N+](=O)[O-])c4)c(Oc4cnc5[nH]ccc5c4)c3)CC2)=C(c2ccc(C(F)(F)F)cc2Cl)C1. The van der Waals surface area contributed by atoms with Crippen molar-refractivity contribution >= 4 is 61.2 Å². The topological polar surface area (TPSA) is 175 Å². The van der Waals surface area contributed by atoms with Gasteiger partial charge >= 0.3 is 18.4 Å². The number of ether oxygens (including phenoxy) is 2. The molecule has 4 heterocycles. The van der Waals surface area contributed by atoms with Crippen molar-refractivity contribution in [3.63, 3.8) is 0 Å². The van der Waals surface area contributed by atoms with Crippen LogP contribution in [0, 0.1) is 15.5 Å². The fourth-order valence-corrected chi connectivity index (χ4v) is 10.2. The lowest BCUT2D eigenvalue weighted by Crippen LogP contribution is -2.58. The minimum absolute atomic E-state index is 0.0403. The van der Waals surface area contributed by atoms with Crippen molar-refractivity contribution in [1.29, 1.82) is 0 Å². The molecule has 1 aliphatic carbocycles. The van der Waals surface area contributed by atoms with Gasteiger partial charge < -0.3 is 24.7 Å². The van der Waals surface area contributed by atoms with Gasteiger partial charge in [-0.1, -0.05) is 37.1 Å². The molecule has 3 aromatic carbocycles. The summed E-state index contributed by atoms with van der Waals surface area (Å²) in [6.07, 6.45) is -6.32. The standard InChI is InChI=1S/C47H47ClF8N8O7S/c1-44(2)11-9-29(37(23-44)35-6-3-30(20-38(35)48)45(49,50)51)26-61-13-15-62(16-14-61)31-4-7-36(41(21-31)71-32-19-28-10-12-57-42(28)59-24-32)43(65)60-72(68,69)34-5-8-39(40(22-34)64(66)67)58-25-33-27-63(17-18-70-33)47(55,56)46(52,53)54/h3-8,10,12,19-22,24,33,58H,9,11,13-18,23,25-27H2,1-2H3,(H,57,59)(H,60,65). The molecule has 25 heteroatoms. The Bertz CT molecular complexity index is 3020. The molecule has 2 fully saturated rings. The third-order valence-corrected chi connectivity index (χ3v) is 14.5. The van der Waals surface area contributed by atoms with Crippen LogP contribution in [0.15, 0.2) is 89.6 Å². The summed E-state index contributed by atoms with van der Waals surface area (Å²) in [4.78, 5) is 35.9. The van der Waals surface area contributed by atoms with Gasteiger partial charge in [-0.2, -0.15) is 35.1 Å². The quantitative estimate of drug-likeness (QED) is 0.0416. The molecule has 2 saturated heterocycles. The van der Waals surface area contributed by atoms with E-state index >= 15 is 0 Å². The van der Waals surface area contributed by atoms with Crippen LogP contribution < -0.4 is 19.7 Å². The number of hydrogen-bond donors (Lipinski definition) is 3. The van der Waals surface area contributed by atoms with Crippen molar-refractivity contribution < 1.29 is 62.7 Å². The van der Waals surface area contributed by atoms with Crippen LogP contribution in [0.4, 0.5) is 52.2 Å². The smallest absolute Gasteiger partial charge is 0.455 e. The Morgan fingerprint density at radius 1 is 0.986 bits per heavy atom. The molecule has 8 rings (SSSR count). The zero-order chi connectivity index (χ0) is 52.0. The van der Waals surface area contributed by atoms with E-state index in [1.54, 1.807) is 30.5 Å². The number of benzene rings is 3. The second-order valence-corrected chi connectivity index (χ2v) is 20.6. The molecule has 1 amide bonds. The van der Waals surface area contributed by atoms with Gasteiger partial charge in [0, 0.05) is 86.8 Å². The lowest BCUT2D eigenvalue weighted by molar-refractivity contribution is -0.384. The minimum atomic E-state index is -5.86. The number of nitrogens with zero attached hydrogens (tertiary/aromatic N) is 5. The van der Waals surface area contributed by atoms with Crippen molar-refractivity contribution in [2.45, 2.75) is 62.5 Å². The van der Waals surface area contributed by atoms with Crippen LogP contribution in [-0.4, -0.2) is 116 Å². The predicted molar refractivity (Wildman–Crippen MR) is 251 cm³/mol. The molecule has 2 aromatic heterocycles. The van der Waals surface area contributed by atoms with E-state index in [1.807, 2.05) is 9.62 Å². The number of pyridine rings is 1. The molecule has 3 aliphatic rings. The number of halogens is 9. The summed E-state index contributed by atoms with van der Waals surface area (Å²) >= 11 is 6.51. The number of H-pyrrole nitrogens is 1. The second-order valence-electron chi connectivity index (χ2n) is 18.5. The summed E-state index contributed by atoms with van der Waals surface area (Å²) in [5.74, 6) is -1.02. The molecule has 3 N–H and O–H groups in total. The van der Waals surface area contributed by atoms with Crippen LogP contribution in [0.5, 0.6) is 11.5 Å². The average molecular weight is 1060 g/mol. The zero-order valence-electron chi connectivity index (χ0n) is 38.5. The first-order chi connectivity index (χ1) is 33.8. The Morgan fingerprint density at radius 2 is 1.74 bits per heavy atom. The van der Waals surface area contributed by atoms with E-state index in [0.717, 1.165) is 48.3 Å². The van der Waals surface area contributed by atoms with Crippen LogP contribution in [0.1, 0.15) is 54.6 Å².